The Morgan fingerprint density at radius 3 is 2.62 bits per heavy atom. The van der Waals surface area contributed by atoms with Gasteiger partial charge in [-0.1, -0.05) is 18.2 Å². The number of benzene rings is 1. The molecule has 1 aromatic carbocycles. The Kier molecular flexibility index (Phi) is 2.58. The van der Waals surface area contributed by atoms with Crippen molar-refractivity contribution in [3.8, 4) is 0 Å². The number of fused-ring (bicyclic) bond motifs is 2. The van der Waals surface area contributed by atoms with Gasteiger partial charge in [0.25, 0.3) is 0 Å². The minimum Gasteiger partial charge on any atom is -0.478 e. The molecule has 2 fully saturated rings. The van der Waals surface area contributed by atoms with Crippen molar-refractivity contribution < 1.29 is 14.7 Å². The fourth-order valence-corrected chi connectivity index (χ4v) is 3.40. The van der Waals surface area contributed by atoms with Gasteiger partial charge in [0, 0.05) is 30.2 Å². The number of nitrogens with zero attached hydrogens (tertiary/aromatic N) is 2. The number of amides is 1. The van der Waals surface area contributed by atoms with Gasteiger partial charge in [0.05, 0.1) is 5.56 Å². The predicted octanol–water partition coefficient (Wildman–Crippen LogP) is 1.82. The summed E-state index contributed by atoms with van der Waals surface area (Å²) in [4.78, 5) is 25.6. The maximum atomic E-state index is 12.4. The van der Waals surface area contributed by atoms with E-state index in [4.69, 9.17) is 0 Å². The molecule has 1 saturated heterocycles. The quantitative estimate of drug-likeness (QED) is 0.935. The van der Waals surface area contributed by atoms with E-state index in [1.807, 2.05) is 23.1 Å². The Morgan fingerprint density at radius 2 is 1.90 bits per heavy atom. The van der Waals surface area contributed by atoms with Crippen LogP contribution in [0.4, 0.5) is 0 Å². The molecule has 21 heavy (non-hydrogen) atoms. The molecular formula is C16H16N2O3. The van der Waals surface area contributed by atoms with Crippen LogP contribution in [0.1, 0.15) is 16.8 Å². The van der Waals surface area contributed by atoms with E-state index in [2.05, 4.69) is 0 Å². The number of para-hydroxylation sites is 1. The summed E-state index contributed by atoms with van der Waals surface area (Å²) >= 11 is 0. The van der Waals surface area contributed by atoms with Crippen LogP contribution >= 0.6 is 0 Å². The lowest BCUT2D eigenvalue weighted by molar-refractivity contribution is -0.131. The van der Waals surface area contributed by atoms with Crippen LogP contribution in [0.3, 0.4) is 0 Å². The monoisotopic (exact) mass is 284 g/mol. The molecule has 4 rings (SSSR count). The summed E-state index contributed by atoms with van der Waals surface area (Å²) in [5.41, 5.74) is 1.05. The summed E-state index contributed by atoms with van der Waals surface area (Å²) in [6.07, 6.45) is 2.83. The standard InChI is InChI=1S/C16H16N2O3/c19-15(18-6-10-5-11(10)7-18)9-17-8-13(16(20)21)12-3-1-2-4-14(12)17/h1-4,8,10-11H,5-7,9H2,(H,20,21). The summed E-state index contributed by atoms with van der Waals surface area (Å²) < 4.78 is 1.76. The third-order valence-electron chi connectivity index (χ3n) is 4.66. The number of carbonyl (C=O) groups excluding carboxylic acids is 1. The SMILES string of the molecule is O=C(O)c1cn(CC(=O)N2CC3CC3C2)c2ccccc12. The first-order valence-corrected chi connectivity index (χ1v) is 7.22. The number of carbonyl (C=O) groups is 2. The second kappa shape index (κ2) is 4.35. The largest absolute Gasteiger partial charge is 0.478 e. The minimum absolute atomic E-state index is 0.0832. The molecule has 5 heteroatoms. The first-order chi connectivity index (χ1) is 10.1. The molecule has 2 aliphatic rings. The topological polar surface area (TPSA) is 62.5 Å². The molecule has 1 aromatic heterocycles. The Hall–Kier alpha value is -2.30. The van der Waals surface area contributed by atoms with Gasteiger partial charge < -0.3 is 14.6 Å². The molecule has 0 spiro atoms. The van der Waals surface area contributed by atoms with Crippen LogP contribution in [0.2, 0.25) is 0 Å². The van der Waals surface area contributed by atoms with Crippen LogP contribution in [-0.4, -0.2) is 39.5 Å². The van der Waals surface area contributed by atoms with Gasteiger partial charge in [-0.25, -0.2) is 4.79 Å². The Bertz CT molecular complexity index is 739. The summed E-state index contributed by atoms with van der Waals surface area (Å²) in [6, 6.07) is 7.32. The summed E-state index contributed by atoms with van der Waals surface area (Å²) in [5, 5.41) is 9.96. The fraction of sp³-hybridized carbons (Fsp3) is 0.375. The highest BCUT2D eigenvalue weighted by Crippen LogP contribution is 2.44. The van der Waals surface area contributed by atoms with Gasteiger partial charge in [0.2, 0.25) is 5.91 Å². The molecule has 5 nitrogen and oxygen atoms in total. The fourth-order valence-electron chi connectivity index (χ4n) is 3.40. The lowest BCUT2D eigenvalue weighted by Crippen LogP contribution is -2.33. The van der Waals surface area contributed by atoms with Crippen LogP contribution < -0.4 is 0 Å². The number of aromatic nitrogens is 1. The van der Waals surface area contributed by atoms with E-state index >= 15 is 0 Å². The molecule has 0 radical (unpaired) electrons. The molecule has 108 valence electrons. The molecule has 1 saturated carbocycles. The van der Waals surface area contributed by atoms with Crippen molar-refractivity contribution in [3.05, 3.63) is 36.0 Å². The van der Waals surface area contributed by atoms with E-state index in [0.29, 0.717) is 17.2 Å². The van der Waals surface area contributed by atoms with Crippen LogP contribution in [0.15, 0.2) is 30.5 Å². The van der Waals surface area contributed by atoms with Gasteiger partial charge in [-0.3, -0.25) is 4.79 Å². The minimum atomic E-state index is -0.959. The normalized spacial score (nSPS) is 23.3. The van der Waals surface area contributed by atoms with Crippen molar-refractivity contribution in [3.63, 3.8) is 0 Å². The molecule has 1 aliphatic carbocycles. The van der Waals surface area contributed by atoms with Gasteiger partial charge in [-0.2, -0.15) is 0 Å². The molecule has 1 N–H and O–H groups in total. The zero-order valence-electron chi connectivity index (χ0n) is 11.5. The van der Waals surface area contributed by atoms with Crippen molar-refractivity contribution in [2.75, 3.05) is 13.1 Å². The van der Waals surface area contributed by atoms with E-state index in [1.165, 1.54) is 6.42 Å². The first-order valence-electron chi connectivity index (χ1n) is 7.22. The maximum absolute atomic E-state index is 12.4. The molecule has 1 aliphatic heterocycles. The number of carboxylic acid groups (broad SMARTS) is 1. The average Bonchev–Trinajstić information content (AvgIpc) is 2.93. The number of aromatic carboxylic acids is 1. The maximum Gasteiger partial charge on any atom is 0.337 e. The zero-order valence-corrected chi connectivity index (χ0v) is 11.5. The summed E-state index contributed by atoms with van der Waals surface area (Å²) in [5.74, 6) is 0.551. The van der Waals surface area contributed by atoms with E-state index in [-0.39, 0.29) is 18.0 Å². The number of hydrogen-bond acceptors (Lipinski definition) is 2. The van der Waals surface area contributed by atoms with Crippen molar-refractivity contribution >= 4 is 22.8 Å². The van der Waals surface area contributed by atoms with E-state index in [0.717, 1.165) is 18.6 Å². The Morgan fingerprint density at radius 1 is 1.19 bits per heavy atom. The van der Waals surface area contributed by atoms with Crippen molar-refractivity contribution in [1.82, 2.24) is 9.47 Å². The van der Waals surface area contributed by atoms with E-state index < -0.39 is 5.97 Å². The lowest BCUT2D eigenvalue weighted by Gasteiger charge is -2.18. The van der Waals surface area contributed by atoms with Crippen LogP contribution in [0.5, 0.6) is 0 Å². The molecule has 2 atom stereocenters. The molecule has 2 unspecified atom stereocenters. The smallest absolute Gasteiger partial charge is 0.337 e. The molecule has 2 heterocycles. The van der Waals surface area contributed by atoms with E-state index in [9.17, 15) is 14.7 Å². The number of likely N-dealkylation sites (tertiary alicyclic amines) is 1. The van der Waals surface area contributed by atoms with Gasteiger partial charge in [0.1, 0.15) is 6.54 Å². The zero-order chi connectivity index (χ0) is 14.6. The van der Waals surface area contributed by atoms with E-state index in [1.54, 1.807) is 16.8 Å². The summed E-state index contributed by atoms with van der Waals surface area (Å²) in [7, 11) is 0. The number of piperidine rings is 1. The third-order valence-corrected chi connectivity index (χ3v) is 4.66. The third kappa shape index (κ3) is 2.00. The molecule has 0 bridgehead atoms. The predicted molar refractivity (Wildman–Crippen MR) is 77.1 cm³/mol. The first kappa shape index (κ1) is 12.4. The highest BCUT2D eigenvalue weighted by molar-refractivity contribution is 6.03. The second-order valence-corrected chi connectivity index (χ2v) is 6.05. The van der Waals surface area contributed by atoms with Gasteiger partial charge in [-0.15, -0.1) is 0 Å². The van der Waals surface area contributed by atoms with Crippen molar-refractivity contribution in [1.29, 1.82) is 0 Å². The van der Waals surface area contributed by atoms with Gasteiger partial charge >= 0.3 is 5.97 Å². The summed E-state index contributed by atoms with van der Waals surface area (Å²) in [6.45, 7) is 1.95. The highest BCUT2D eigenvalue weighted by atomic mass is 16.4. The Labute approximate surface area is 121 Å². The molecule has 1 amide bonds. The molecule has 2 aromatic rings. The average molecular weight is 284 g/mol. The second-order valence-electron chi connectivity index (χ2n) is 6.05. The number of rotatable bonds is 3. The van der Waals surface area contributed by atoms with Gasteiger partial charge in [-0.05, 0) is 24.3 Å². The lowest BCUT2D eigenvalue weighted by atomic mass is 10.2. The van der Waals surface area contributed by atoms with Gasteiger partial charge in [0.15, 0.2) is 0 Å². The van der Waals surface area contributed by atoms with Crippen LogP contribution in [0, 0.1) is 11.8 Å². The number of hydrogen-bond donors (Lipinski definition) is 1. The number of carboxylic acids is 1. The molecular weight excluding hydrogens is 268 g/mol. The van der Waals surface area contributed by atoms with Crippen LogP contribution in [0.25, 0.3) is 10.9 Å². The van der Waals surface area contributed by atoms with Crippen molar-refractivity contribution in [2.24, 2.45) is 11.8 Å². The van der Waals surface area contributed by atoms with Crippen LogP contribution in [-0.2, 0) is 11.3 Å². The van der Waals surface area contributed by atoms with Crippen molar-refractivity contribution in [2.45, 2.75) is 13.0 Å². The highest BCUT2D eigenvalue weighted by Gasteiger charge is 2.46. The Balaban J connectivity index is 1.63.